The maximum Gasteiger partial charge on any atom is 0.238 e. The molecule has 142 valence electrons. The zero-order chi connectivity index (χ0) is 19.9. The molecule has 0 saturated carbocycles. The molecule has 0 aliphatic rings. The number of amides is 1. The average molecular weight is 390 g/mol. The number of nitrogens with zero attached hydrogens (tertiary/aromatic N) is 1. The molecular formula is C23H23N3OS. The second-order valence-corrected chi connectivity index (χ2v) is 7.05. The number of thiocarbonyl (C=S) groups is 1. The van der Waals surface area contributed by atoms with Crippen LogP contribution >= 0.6 is 12.2 Å². The van der Waals surface area contributed by atoms with Crippen molar-refractivity contribution >= 4 is 34.6 Å². The minimum Gasteiger partial charge on any atom is -0.378 e. The second-order valence-electron chi connectivity index (χ2n) is 6.64. The van der Waals surface area contributed by atoms with Crippen molar-refractivity contribution in [3.63, 3.8) is 0 Å². The first-order chi connectivity index (χ1) is 13.5. The van der Waals surface area contributed by atoms with E-state index in [0.29, 0.717) is 0 Å². The highest BCUT2D eigenvalue weighted by Crippen LogP contribution is 2.24. The van der Waals surface area contributed by atoms with Crippen LogP contribution in [0.1, 0.15) is 17.0 Å². The molecule has 3 rings (SSSR count). The highest BCUT2D eigenvalue weighted by molar-refractivity contribution is 7.80. The Morgan fingerprint density at radius 3 is 1.79 bits per heavy atom. The molecule has 0 aliphatic heterocycles. The van der Waals surface area contributed by atoms with Gasteiger partial charge in [0, 0.05) is 25.5 Å². The third-order valence-corrected chi connectivity index (χ3v) is 4.61. The van der Waals surface area contributed by atoms with Gasteiger partial charge in [0.05, 0.1) is 5.92 Å². The molecule has 1 amide bonds. The van der Waals surface area contributed by atoms with Crippen LogP contribution in [-0.2, 0) is 4.79 Å². The molecule has 3 aromatic carbocycles. The minimum absolute atomic E-state index is 0.167. The Bertz CT molecular complexity index is 886. The topological polar surface area (TPSA) is 44.4 Å². The average Bonchev–Trinajstić information content (AvgIpc) is 2.70. The van der Waals surface area contributed by atoms with Crippen LogP contribution in [0.5, 0.6) is 0 Å². The first-order valence-corrected chi connectivity index (χ1v) is 9.44. The van der Waals surface area contributed by atoms with Gasteiger partial charge in [-0.25, -0.2) is 0 Å². The molecule has 3 aromatic rings. The summed E-state index contributed by atoms with van der Waals surface area (Å²) >= 11 is 5.36. The normalized spacial score (nSPS) is 10.4. The number of carbonyl (C=O) groups is 1. The van der Waals surface area contributed by atoms with Gasteiger partial charge in [-0.05, 0) is 47.6 Å². The molecule has 0 radical (unpaired) electrons. The zero-order valence-corrected chi connectivity index (χ0v) is 16.7. The first-order valence-electron chi connectivity index (χ1n) is 9.04. The van der Waals surface area contributed by atoms with E-state index in [1.807, 2.05) is 104 Å². The van der Waals surface area contributed by atoms with Gasteiger partial charge in [0.2, 0.25) is 5.91 Å². The van der Waals surface area contributed by atoms with Crippen molar-refractivity contribution in [3.8, 4) is 0 Å². The molecule has 5 heteroatoms. The van der Waals surface area contributed by atoms with Gasteiger partial charge < -0.3 is 15.5 Å². The molecule has 0 aliphatic carbocycles. The summed E-state index contributed by atoms with van der Waals surface area (Å²) in [5.74, 6) is -0.599. The highest BCUT2D eigenvalue weighted by Gasteiger charge is 2.23. The quantitative estimate of drug-likeness (QED) is 0.635. The standard InChI is InChI=1S/C23H23N3OS/c1-26(2)20-15-13-19(14-16-20)24-23(28)25-22(27)21(17-9-5-3-6-10-17)18-11-7-4-8-12-18/h3-16,21H,1-2H3,(H2,24,25,27,28). The van der Waals surface area contributed by atoms with E-state index in [2.05, 4.69) is 10.6 Å². The summed E-state index contributed by atoms with van der Waals surface area (Å²) in [4.78, 5) is 15.1. The number of rotatable bonds is 5. The van der Waals surface area contributed by atoms with E-state index in [4.69, 9.17) is 12.2 Å². The van der Waals surface area contributed by atoms with Crippen LogP contribution in [0.3, 0.4) is 0 Å². The Kier molecular flexibility index (Phi) is 6.40. The lowest BCUT2D eigenvalue weighted by atomic mass is 9.90. The second kappa shape index (κ2) is 9.15. The summed E-state index contributed by atoms with van der Waals surface area (Å²) in [7, 11) is 3.97. The third kappa shape index (κ3) is 4.96. The maximum absolute atomic E-state index is 13.0. The fourth-order valence-electron chi connectivity index (χ4n) is 2.98. The summed E-state index contributed by atoms with van der Waals surface area (Å²) in [5, 5.41) is 6.19. The van der Waals surface area contributed by atoms with Crippen molar-refractivity contribution in [1.29, 1.82) is 0 Å². The van der Waals surface area contributed by atoms with Crippen molar-refractivity contribution in [3.05, 3.63) is 96.1 Å². The summed E-state index contributed by atoms with van der Waals surface area (Å²) in [5.41, 5.74) is 3.76. The van der Waals surface area contributed by atoms with Gasteiger partial charge >= 0.3 is 0 Å². The molecule has 0 aromatic heterocycles. The lowest BCUT2D eigenvalue weighted by molar-refractivity contribution is -0.120. The predicted molar refractivity (Wildman–Crippen MR) is 120 cm³/mol. The molecular weight excluding hydrogens is 366 g/mol. The lowest BCUT2D eigenvalue weighted by Gasteiger charge is -2.19. The Balaban J connectivity index is 1.73. The van der Waals surface area contributed by atoms with Gasteiger partial charge in [0.1, 0.15) is 0 Å². The molecule has 0 bridgehead atoms. The van der Waals surface area contributed by atoms with Crippen LogP contribution in [0.25, 0.3) is 0 Å². The molecule has 0 spiro atoms. The van der Waals surface area contributed by atoms with Crippen LogP contribution in [-0.4, -0.2) is 25.1 Å². The van der Waals surface area contributed by atoms with Crippen molar-refractivity contribution < 1.29 is 4.79 Å². The lowest BCUT2D eigenvalue weighted by Crippen LogP contribution is -2.37. The Morgan fingerprint density at radius 2 is 1.32 bits per heavy atom. The van der Waals surface area contributed by atoms with E-state index >= 15 is 0 Å². The Morgan fingerprint density at radius 1 is 0.821 bits per heavy atom. The Labute approximate surface area is 171 Å². The van der Waals surface area contributed by atoms with Crippen molar-refractivity contribution in [2.24, 2.45) is 0 Å². The summed E-state index contributed by atoms with van der Waals surface area (Å²) in [6.45, 7) is 0. The number of hydrogen-bond acceptors (Lipinski definition) is 3. The number of carbonyl (C=O) groups excluding carboxylic acids is 1. The van der Waals surface area contributed by atoms with Crippen LogP contribution in [0.4, 0.5) is 11.4 Å². The molecule has 28 heavy (non-hydrogen) atoms. The third-order valence-electron chi connectivity index (χ3n) is 4.41. The molecule has 0 atom stereocenters. The van der Waals surface area contributed by atoms with Gasteiger partial charge in [-0.1, -0.05) is 60.7 Å². The van der Waals surface area contributed by atoms with Gasteiger partial charge in [0.25, 0.3) is 0 Å². The van der Waals surface area contributed by atoms with E-state index in [-0.39, 0.29) is 11.0 Å². The molecule has 0 saturated heterocycles. The summed E-state index contributed by atoms with van der Waals surface area (Å²) in [6.07, 6.45) is 0. The number of anilines is 2. The van der Waals surface area contributed by atoms with Crippen molar-refractivity contribution in [2.45, 2.75) is 5.92 Å². The maximum atomic E-state index is 13.0. The Hall–Kier alpha value is -3.18. The fourth-order valence-corrected chi connectivity index (χ4v) is 3.19. The largest absolute Gasteiger partial charge is 0.378 e. The first kappa shape index (κ1) is 19.6. The van der Waals surface area contributed by atoms with E-state index in [0.717, 1.165) is 22.5 Å². The summed E-state index contributed by atoms with van der Waals surface area (Å²) < 4.78 is 0. The number of hydrogen-bond donors (Lipinski definition) is 2. The molecule has 0 fully saturated rings. The molecule has 4 nitrogen and oxygen atoms in total. The van der Waals surface area contributed by atoms with Crippen molar-refractivity contribution in [1.82, 2.24) is 5.32 Å². The van der Waals surface area contributed by atoms with Gasteiger partial charge in [-0.15, -0.1) is 0 Å². The monoisotopic (exact) mass is 389 g/mol. The van der Waals surface area contributed by atoms with Crippen LogP contribution in [0.2, 0.25) is 0 Å². The van der Waals surface area contributed by atoms with E-state index in [1.54, 1.807) is 0 Å². The molecule has 0 heterocycles. The number of benzene rings is 3. The van der Waals surface area contributed by atoms with Crippen LogP contribution in [0, 0.1) is 0 Å². The zero-order valence-electron chi connectivity index (χ0n) is 15.9. The van der Waals surface area contributed by atoms with E-state index < -0.39 is 5.92 Å². The van der Waals surface area contributed by atoms with E-state index in [9.17, 15) is 4.79 Å². The van der Waals surface area contributed by atoms with Gasteiger partial charge in [-0.2, -0.15) is 0 Å². The SMILES string of the molecule is CN(C)c1ccc(NC(=S)NC(=O)C(c2ccccc2)c2ccccc2)cc1. The van der Waals surface area contributed by atoms with Crippen LogP contribution in [0.15, 0.2) is 84.9 Å². The molecule has 2 N–H and O–H groups in total. The van der Waals surface area contributed by atoms with Gasteiger partial charge in [0.15, 0.2) is 5.11 Å². The minimum atomic E-state index is -0.432. The van der Waals surface area contributed by atoms with Crippen LogP contribution < -0.4 is 15.5 Å². The van der Waals surface area contributed by atoms with Gasteiger partial charge in [-0.3, -0.25) is 4.79 Å². The van der Waals surface area contributed by atoms with E-state index in [1.165, 1.54) is 0 Å². The smallest absolute Gasteiger partial charge is 0.238 e. The number of nitrogens with one attached hydrogen (secondary N) is 2. The predicted octanol–water partition coefficient (Wildman–Crippen LogP) is 4.40. The fraction of sp³-hybridized carbons (Fsp3) is 0.130. The van der Waals surface area contributed by atoms with Crippen molar-refractivity contribution in [2.75, 3.05) is 24.3 Å². The molecule has 0 unspecified atom stereocenters. The summed E-state index contributed by atoms with van der Waals surface area (Å²) in [6, 6.07) is 27.3. The highest BCUT2D eigenvalue weighted by atomic mass is 32.1.